The van der Waals surface area contributed by atoms with Gasteiger partial charge < -0.3 is 15.4 Å². The van der Waals surface area contributed by atoms with Crippen LogP contribution >= 0.6 is 0 Å². The zero-order chi connectivity index (χ0) is 14.4. The van der Waals surface area contributed by atoms with Gasteiger partial charge in [0.15, 0.2) is 5.96 Å². The fraction of sp³-hybridized carbons (Fsp3) is 0.933. The van der Waals surface area contributed by atoms with Crippen molar-refractivity contribution in [1.82, 2.24) is 10.6 Å². The van der Waals surface area contributed by atoms with E-state index in [1.54, 1.807) is 0 Å². The Balaban J connectivity index is 2.19. The summed E-state index contributed by atoms with van der Waals surface area (Å²) in [4.78, 5) is 4.25. The van der Waals surface area contributed by atoms with Gasteiger partial charge in [0, 0.05) is 26.7 Å². The van der Waals surface area contributed by atoms with Gasteiger partial charge >= 0.3 is 0 Å². The third kappa shape index (κ3) is 6.81. The first-order valence-electron chi connectivity index (χ1n) is 7.43. The summed E-state index contributed by atoms with van der Waals surface area (Å²) in [5.41, 5.74) is 0.382. The average Bonchev–Trinajstić information content (AvgIpc) is 2.74. The van der Waals surface area contributed by atoms with Crippen LogP contribution in [-0.4, -0.2) is 38.3 Å². The summed E-state index contributed by atoms with van der Waals surface area (Å²) in [6, 6.07) is 0. The Morgan fingerprint density at radius 1 is 1.32 bits per heavy atom. The lowest BCUT2D eigenvalue weighted by Gasteiger charge is -2.25. The standard InChI is InChI=1S/C15H31N3O/c1-14(2,3)8-6-10-17-13(16-5)18-12-15(4)9-7-11-19-15/h6-12H2,1-5H3,(H2,16,17,18). The van der Waals surface area contributed by atoms with Gasteiger partial charge in [0.2, 0.25) is 0 Å². The second-order valence-corrected chi connectivity index (χ2v) is 6.92. The summed E-state index contributed by atoms with van der Waals surface area (Å²) in [6.07, 6.45) is 4.67. The molecule has 0 aliphatic carbocycles. The minimum atomic E-state index is -0.0248. The summed E-state index contributed by atoms with van der Waals surface area (Å²) in [5.74, 6) is 0.880. The molecule has 4 nitrogen and oxygen atoms in total. The van der Waals surface area contributed by atoms with Crippen molar-refractivity contribution >= 4 is 5.96 Å². The molecule has 0 amide bonds. The first-order chi connectivity index (χ1) is 8.85. The van der Waals surface area contributed by atoms with Crippen molar-refractivity contribution in [3.8, 4) is 0 Å². The second-order valence-electron chi connectivity index (χ2n) is 6.92. The molecule has 1 aliphatic heterocycles. The van der Waals surface area contributed by atoms with Crippen LogP contribution in [0.4, 0.5) is 0 Å². The predicted octanol–water partition coefficient (Wildman–Crippen LogP) is 2.55. The van der Waals surface area contributed by atoms with Crippen molar-refractivity contribution in [3.63, 3.8) is 0 Å². The Kier molecular flexibility index (Phi) is 6.11. The topological polar surface area (TPSA) is 45.7 Å². The number of hydrogen-bond acceptors (Lipinski definition) is 2. The van der Waals surface area contributed by atoms with Crippen LogP contribution in [0.2, 0.25) is 0 Å². The van der Waals surface area contributed by atoms with E-state index in [2.05, 4.69) is 43.3 Å². The number of hydrogen-bond donors (Lipinski definition) is 2. The molecule has 1 fully saturated rings. The number of rotatable bonds is 5. The van der Waals surface area contributed by atoms with Gasteiger partial charge in [0.25, 0.3) is 0 Å². The SMILES string of the molecule is CN=C(NCCCC(C)(C)C)NCC1(C)CCCO1. The third-order valence-corrected chi connectivity index (χ3v) is 3.55. The molecule has 0 saturated carbocycles. The van der Waals surface area contributed by atoms with Crippen LogP contribution in [0.25, 0.3) is 0 Å². The number of guanidine groups is 1. The monoisotopic (exact) mass is 269 g/mol. The molecule has 0 radical (unpaired) electrons. The second kappa shape index (κ2) is 7.13. The van der Waals surface area contributed by atoms with Crippen molar-refractivity contribution < 1.29 is 4.74 Å². The fourth-order valence-corrected chi connectivity index (χ4v) is 2.29. The van der Waals surface area contributed by atoms with Crippen LogP contribution in [0, 0.1) is 5.41 Å². The molecular formula is C15H31N3O. The maximum absolute atomic E-state index is 5.76. The Labute approximate surface area is 118 Å². The molecule has 0 aromatic heterocycles. The first kappa shape index (κ1) is 16.3. The van der Waals surface area contributed by atoms with E-state index in [-0.39, 0.29) is 5.60 Å². The van der Waals surface area contributed by atoms with Gasteiger partial charge in [-0.2, -0.15) is 0 Å². The minimum absolute atomic E-state index is 0.0248. The molecule has 1 rings (SSSR count). The first-order valence-corrected chi connectivity index (χ1v) is 7.43. The normalized spacial score (nSPS) is 24.6. The smallest absolute Gasteiger partial charge is 0.191 e. The summed E-state index contributed by atoms with van der Waals surface area (Å²) in [6.45, 7) is 11.7. The summed E-state index contributed by atoms with van der Waals surface area (Å²) >= 11 is 0. The Morgan fingerprint density at radius 2 is 2.05 bits per heavy atom. The molecule has 0 aromatic rings. The largest absolute Gasteiger partial charge is 0.373 e. The lowest BCUT2D eigenvalue weighted by Crippen LogP contribution is -2.45. The van der Waals surface area contributed by atoms with E-state index >= 15 is 0 Å². The Morgan fingerprint density at radius 3 is 2.58 bits per heavy atom. The van der Waals surface area contributed by atoms with Gasteiger partial charge in [0.1, 0.15) is 0 Å². The van der Waals surface area contributed by atoms with Gasteiger partial charge in [-0.25, -0.2) is 0 Å². The van der Waals surface area contributed by atoms with Crippen LogP contribution in [0.3, 0.4) is 0 Å². The number of nitrogens with zero attached hydrogens (tertiary/aromatic N) is 1. The fourth-order valence-electron chi connectivity index (χ4n) is 2.29. The molecule has 1 unspecified atom stereocenters. The summed E-state index contributed by atoms with van der Waals surface area (Å²) in [5, 5.41) is 6.73. The highest BCUT2D eigenvalue weighted by molar-refractivity contribution is 5.79. The number of nitrogens with one attached hydrogen (secondary N) is 2. The molecule has 0 spiro atoms. The molecule has 1 aliphatic rings. The highest BCUT2D eigenvalue weighted by Gasteiger charge is 2.29. The lowest BCUT2D eigenvalue weighted by molar-refractivity contribution is 0.0243. The van der Waals surface area contributed by atoms with Crippen molar-refractivity contribution in [2.45, 2.75) is 59.0 Å². The molecule has 4 heteroatoms. The zero-order valence-electron chi connectivity index (χ0n) is 13.3. The van der Waals surface area contributed by atoms with Gasteiger partial charge in [-0.15, -0.1) is 0 Å². The van der Waals surface area contributed by atoms with Crippen molar-refractivity contribution in [2.24, 2.45) is 10.4 Å². The highest BCUT2D eigenvalue weighted by atomic mass is 16.5. The minimum Gasteiger partial charge on any atom is -0.373 e. The van der Waals surface area contributed by atoms with Crippen LogP contribution in [0.1, 0.15) is 53.4 Å². The van der Waals surface area contributed by atoms with Gasteiger partial charge in [-0.05, 0) is 38.0 Å². The van der Waals surface area contributed by atoms with Crippen LogP contribution in [0.5, 0.6) is 0 Å². The number of aliphatic imine (C=N–C) groups is 1. The van der Waals surface area contributed by atoms with E-state index in [1.807, 2.05) is 7.05 Å². The summed E-state index contributed by atoms with van der Waals surface area (Å²) < 4.78 is 5.76. The van der Waals surface area contributed by atoms with Crippen molar-refractivity contribution in [2.75, 3.05) is 26.7 Å². The molecule has 0 bridgehead atoms. The summed E-state index contributed by atoms with van der Waals surface area (Å²) in [7, 11) is 1.82. The third-order valence-electron chi connectivity index (χ3n) is 3.55. The maximum Gasteiger partial charge on any atom is 0.191 e. The molecule has 1 heterocycles. The molecule has 19 heavy (non-hydrogen) atoms. The van der Waals surface area contributed by atoms with Gasteiger partial charge in [-0.1, -0.05) is 20.8 Å². The van der Waals surface area contributed by atoms with E-state index in [4.69, 9.17) is 4.74 Å². The predicted molar refractivity (Wildman–Crippen MR) is 81.6 cm³/mol. The Bertz CT molecular complexity index is 288. The molecule has 2 N–H and O–H groups in total. The number of ether oxygens (including phenoxy) is 1. The Hall–Kier alpha value is -0.770. The molecule has 1 saturated heterocycles. The van der Waals surface area contributed by atoms with Crippen molar-refractivity contribution in [1.29, 1.82) is 0 Å². The van der Waals surface area contributed by atoms with Gasteiger partial charge in [0.05, 0.1) is 5.60 Å². The van der Waals surface area contributed by atoms with Gasteiger partial charge in [-0.3, -0.25) is 4.99 Å². The van der Waals surface area contributed by atoms with Crippen molar-refractivity contribution in [3.05, 3.63) is 0 Å². The van der Waals surface area contributed by atoms with Crippen LogP contribution in [0.15, 0.2) is 4.99 Å². The lowest BCUT2D eigenvalue weighted by atomic mass is 9.91. The zero-order valence-corrected chi connectivity index (χ0v) is 13.3. The molecule has 112 valence electrons. The quantitative estimate of drug-likeness (QED) is 0.458. The van der Waals surface area contributed by atoms with E-state index < -0.39 is 0 Å². The maximum atomic E-state index is 5.76. The van der Waals surface area contributed by atoms with E-state index in [9.17, 15) is 0 Å². The molecular weight excluding hydrogens is 238 g/mol. The highest BCUT2D eigenvalue weighted by Crippen LogP contribution is 2.23. The average molecular weight is 269 g/mol. The van der Waals surface area contributed by atoms with Crippen LogP contribution < -0.4 is 10.6 Å². The van der Waals surface area contributed by atoms with E-state index in [1.165, 1.54) is 6.42 Å². The van der Waals surface area contributed by atoms with E-state index in [0.29, 0.717) is 5.41 Å². The molecule has 1 atom stereocenters. The van der Waals surface area contributed by atoms with E-state index in [0.717, 1.165) is 44.9 Å². The van der Waals surface area contributed by atoms with Crippen LogP contribution in [-0.2, 0) is 4.74 Å². The molecule has 0 aromatic carbocycles.